The van der Waals surface area contributed by atoms with Gasteiger partial charge >= 0.3 is 193 Å². The molecule has 0 radical (unpaired) electrons. The number of cyclic esters (lactones) is 1. The van der Waals surface area contributed by atoms with E-state index in [4.69, 9.17) is 14.2 Å². The average molecular weight is 510 g/mol. The summed E-state index contributed by atoms with van der Waals surface area (Å²) in [6, 6.07) is 10.4. The predicted octanol–water partition coefficient (Wildman–Crippen LogP) is 3.81. The van der Waals surface area contributed by atoms with Crippen molar-refractivity contribution in [2.75, 3.05) is 7.11 Å². The van der Waals surface area contributed by atoms with Gasteiger partial charge in [-0.25, -0.2) is 0 Å². The Labute approximate surface area is 193 Å². The summed E-state index contributed by atoms with van der Waals surface area (Å²) in [4.78, 5) is 26.1. The normalized spacial score (nSPS) is 30.5. The van der Waals surface area contributed by atoms with Gasteiger partial charge in [-0.05, 0) is 0 Å². The molecular formula is C24H34O5SeSi. The van der Waals surface area contributed by atoms with Gasteiger partial charge in [0.1, 0.15) is 0 Å². The third-order valence-corrected chi connectivity index (χ3v) is 14.4. The van der Waals surface area contributed by atoms with E-state index in [9.17, 15) is 9.59 Å². The zero-order chi connectivity index (χ0) is 23.2. The summed E-state index contributed by atoms with van der Waals surface area (Å²) in [5, 5.41) is 0. The fourth-order valence-electron chi connectivity index (χ4n) is 4.11. The maximum absolute atomic E-state index is 13.2. The van der Waals surface area contributed by atoms with Crippen molar-refractivity contribution in [3.05, 3.63) is 40.0 Å². The summed E-state index contributed by atoms with van der Waals surface area (Å²) in [6.45, 7) is 14.7. The molecule has 0 amide bonds. The first kappa shape index (κ1) is 24.2. The van der Waals surface area contributed by atoms with Gasteiger partial charge < -0.3 is 0 Å². The van der Waals surface area contributed by atoms with Crippen molar-refractivity contribution in [1.82, 2.24) is 0 Å². The van der Waals surface area contributed by atoms with Crippen molar-refractivity contribution in [2.24, 2.45) is 11.3 Å². The average Bonchev–Trinajstić information content (AvgIpc) is 3.16. The van der Waals surface area contributed by atoms with Gasteiger partial charge in [0.05, 0.1) is 0 Å². The van der Waals surface area contributed by atoms with Gasteiger partial charge in [-0.1, -0.05) is 0 Å². The molecule has 0 N–H and O–H groups in total. The monoisotopic (exact) mass is 510 g/mol. The molecular weight excluding hydrogens is 475 g/mol. The molecule has 1 unspecified atom stereocenters. The molecule has 1 saturated heterocycles. The summed E-state index contributed by atoms with van der Waals surface area (Å²) < 4.78 is 20.1. The number of hydrogen-bond acceptors (Lipinski definition) is 5. The van der Waals surface area contributed by atoms with Crippen molar-refractivity contribution in [2.45, 2.75) is 71.6 Å². The van der Waals surface area contributed by atoms with Crippen LogP contribution in [-0.4, -0.2) is 53.5 Å². The first-order chi connectivity index (χ1) is 14.2. The summed E-state index contributed by atoms with van der Waals surface area (Å²) in [5.41, 5.74) is -0.493. The van der Waals surface area contributed by atoms with Crippen LogP contribution in [-0.2, 0) is 23.8 Å². The van der Waals surface area contributed by atoms with Gasteiger partial charge in [-0.2, -0.15) is 0 Å². The van der Waals surface area contributed by atoms with E-state index in [-0.39, 0.29) is 33.3 Å². The fraction of sp³-hybridized carbons (Fsp3) is 0.583. The number of rotatable bonds is 4. The quantitative estimate of drug-likeness (QED) is 0.457. The molecule has 0 bridgehead atoms. The van der Waals surface area contributed by atoms with Crippen LogP contribution in [0, 0.1) is 11.3 Å². The molecule has 31 heavy (non-hydrogen) atoms. The van der Waals surface area contributed by atoms with Crippen LogP contribution in [0.2, 0.25) is 19.6 Å². The van der Waals surface area contributed by atoms with E-state index in [1.807, 2.05) is 45.9 Å². The van der Waals surface area contributed by atoms with Crippen LogP contribution in [0.3, 0.4) is 0 Å². The van der Waals surface area contributed by atoms with Crippen LogP contribution >= 0.6 is 0 Å². The Hall–Kier alpha value is -1.40. The van der Waals surface area contributed by atoms with Crippen LogP contribution in [0.1, 0.15) is 40.5 Å². The minimum absolute atomic E-state index is 0.0642. The molecule has 1 aromatic rings. The van der Waals surface area contributed by atoms with E-state index in [1.54, 1.807) is 0 Å². The van der Waals surface area contributed by atoms with Gasteiger partial charge in [-0.15, -0.1) is 0 Å². The first-order valence-electron chi connectivity index (χ1n) is 10.7. The summed E-state index contributed by atoms with van der Waals surface area (Å²) in [5.74, 6) is -2.18. The molecule has 170 valence electrons. The second kappa shape index (κ2) is 8.18. The van der Waals surface area contributed by atoms with Crippen LogP contribution < -0.4 is 4.46 Å². The maximum atomic E-state index is 13.2. The van der Waals surface area contributed by atoms with Gasteiger partial charge in [0, 0.05) is 0 Å². The SMILES string of the molecule is COC(=O)C1C[C@@]2(C/C1=C(/[Se]c1ccccc1)[Si](C)(C)C)O[C@](C)(C(C)(C)C)OC2=O. The number of carbonyl (C=O) groups excluding carboxylic acids is 2. The third kappa shape index (κ3) is 4.56. The van der Waals surface area contributed by atoms with Gasteiger partial charge in [0.2, 0.25) is 0 Å². The van der Waals surface area contributed by atoms with Gasteiger partial charge in [0.25, 0.3) is 0 Å². The Morgan fingerprint density at radius 3 is 2.29 bits per heavy atom. The molecule has 1 aliphatic heterocycles. The second-order valence-electron chi connectivity index (χ2n) is 10.7. The Kier molecular flexibility index (Phi) is 6.40. The number of benzene rings is 1. The standard InChI is InChI=1S/C24H34O5SeSi/c1-22(2,3)23(4)28-21(26)24(29-23)14-17(19(25)27-5)18(15-24)20(31(6,7)8)30-16-12-10-9-11-13-16/h9-13,17H,14-15H2,1-8H3/b20-18+/t17?,23-,24+/m1/s1. The molecule has 1 spiro atoms. The Bertz CT molecular complexity index is 899. The number of methoxy groups -OCH3 is 1. The molecule has 7 heteroatoms. The van der Waals surface area contributed by atoms with E-state index >= 15 is 0 Å². The molecule has 2 aliphatic rings. The fourth-order valence-corrected chi connectivity index (χ4v) is 10.0. The zero-order valence-corrected chi connectivity index (χ0v) is 22.5. The van der Waals surface area contributed by atoms with Gasteiger partial charge in [-0.3, -0.25) is 0 Å². The molecule has 3 rings (SSSR count). The summed E-state index contributed by atoms with van der Waals surface area (Å²) in [7, 11) is -0.394. The number of ether oxygens (including phenoxy) is 3. The Morgan fingerprint density at radius 2 is 1.81 bits per heavy atom. The topological polar surface area (TPSA) is 61.8 Å². The van der Waals surface area contributed by atoms with Crippen molar-refractivity contribution >= 4 is 39.4 Å². The Balaban J connectivity index is 2.11. The van der Waals surface area contributed by atoms with Crippen molar-refractivity contribution < 1.29 is 23.8 Å². The molecule has 2 fully saturated rings. The molecule has 1 saturated carbocycles. The minimum atomic E-state index is -1.80. The number of esters is 2. The molecule has 1 heterocycles. The number of hydrogen-bond donors (Lipinski definition) is 0. The molecule has 3 atom stereocenters. The van der Waals surface area contributed by atoms with E-state index in [0.717, 1.165) is 5.57 Å². The Morgan fingerprint density at radius 1 is 1.19 bits per heavy atom. The van der Waals surface area contributed by atoms with Crippen LogP contribution in [0.25, 0.3) is 0 Å². The molecule has 1 aromatic carbocycles. The summed E-state index contributed by atoms with van der Waals surface area (Å²) in [6.07, 6.45) is 0.670. The third-order valence-electron chi connectivity index (χ3n) is 6.26. The van der Waals surface area contributed by atoms with E-state index in [2.05, 4.69) is 31.8 Å². The van der Waals surface area contributed by atoms with Crippen LogP contribution in [0.5, 0.6) is 0 Å². The summed E-state index contributed by atoms with van der Waals surface area (Å²) >= 11 is 0.0642. The van der Waals surface area contributed by atoms with Crippen molar-refractivity contribution in [1.29, 1.82) is 0 Å². The predicted molar refractivity (Wildman–Crippen MR) is 125 cm³/mol. The molecule has 5 nitrogen and oxygen atoms in total. The zero-order valence-electron chi connectivity index (χ0n) is 19.8. The van der Waals surface area contributed by atoms with Crippen LogP contribution in [0.15, 0.2) is 40.0 Å². The molecule has 1 aliphatic carbocycles. The second-order valence-corrected chi connectivity index (χ2v) is 18.7. The van der Waals surface area contributed by atoms with E-state index in [1.165, 1.54) is 15.7 Å². The van der Waals surface area contributed by atoms with Crippen molar-refractivity contribution in [3.8, 4) is 0 Å². The number of carbonyl (C=O) groups is 2. The van der Waals surface area contributed by atoms with Crippen molar-refractivity contribution in [3.63, 3.8) is 0 Å². The van der Waals surface area contributed by atoms with E-state index < -0.39 is 30.8 Å². The van der Waals surface area contributed by atoms with Crippen LogP contribution in [0.4, 0.5) is 0 Å². The van der Waals surface area contributed by atoms with Gasteiger partial charge in [0.15, 0.2) is 0 Å². The van der Waals surface area contributed by atoms with E-state index in [0.29, 0.717) is 6.42 Å². The molecule has 0 aromatic heterocycles. The first-order valence-corrected chi connectivity index (χ1v) is 15.9.